The summed E-state index contributed by atoms with van der Waals surface area (Å²) in [5.41, 5.74) is 0. The van der Waals surface area contributed by atoms with Crippen molar-refractivity contribution in [1.29, 1.82) is 0 Å². The van der Waals surface area contributed by atoms with Gasteiger partial charge >= 0.3 is 5.97 Å². The van der Waals surface area contributed by atoms with Crippen LogP contribution >= 0.6 is 15.9 Å². The van der Waals surface area contributed by atoms with Crippen molar-refractivity contribution in [3.05, 3.63) is 24.3 Å². The van der Waals surface area contributed by atoms with Gasteiger partial charge in [-0.05, 0) is 37.8 Å². The van der Waals surface area contributed by atoms with Gasteiger partial charge in [-0.25, -0.2) is 0 Å². The summed E-state index contributed by atoms with van der Waals surface area (Å²) >= 11 is 3.62. The Morgan fingerprint density at radius 2 is 1.78 bits per heavy atom. The average Bonchev–Trinajstić information content (AvgIpc) is 2.34. The lowest BCUT2D eigenvalue weighted by molar-refractivity contribution is -0.132. The van der Waals surface area contributed by atoms with Gasteiger partial charge in [0.2, 0.25) is 0 Å². The Kier molecular flexibility index (Phi) is 4.64. The first-order chi connectivity index (χ1) is 8.65. The fraction of sp³-hybridized carbons (Fsp3) is 0.500. The number of hydrogen-bond donors (Lipinski definition) is 0. The maximum atomic E-state index is 11.0. The SMILES string of the molecule is CC(=O)Oc1ccccc1OC1CCC(Br)CC1. The van der Waals surface area contributed by atoms with Crippen molar-refractivity contribution >= 4 is 21.9 Å². The van der Waals surface area contributed by atoms with Crippen molar-refractivity contribution in [2.45, 2.75) is 43.5 Å². The summed E-state index contributed by atoms with van der Waals surface area (Å²) in [6, 6.07) is 7.32. The van der Waals surface area contributed by atoms with Crippen LogP contribution in [0, 0.1) is 0 Å². The number of esters is 1. The van der Waals surface area contributed by atoms with Crippen LogP contribution in [-0.4, -0.2) is 16.9 Å². The number of rotatable bonds is 3. The number of halogens is 1. The van der Waals surface area contributed by atoms with E-state index in [1.807, 2.05) is 18.2 Å². The summed E-state index contributed by atoms with van der Waals surface area (Å²) in [6.45, 7) is 1.40. The molecule has 1 fully saturated rings. The lowest BCUT2D eigenvalue weighted by atomic mass is 9.97. The van der Waals surface area contributed by atoms with Crippen molar-refractivity contribution in [3.8, 4) is 11.5 Å². The number of alkyl halides is 1. The minimum absolute atomic E-state index is 0.218. The maximum absolute atomic E-state index is 11.0. The van der Waals surface area contributed by atoms with E-state index in [9.17, 15) is 4.79 Å². The van der Waals surface area contributed by atoms with E-state index >= 15 is 0 Å². The Morgan fingerprint density at radius 1 is 1.17 bits per heavy atom. The quantitative estimate of drug-likeness (QED) is 0.485. The van der Waals surface area contributed by atoms with E-state index in [4.69, 9.17) is 9.47 Å². The summed E-state index contributed by atoms with van der Waals surface area (Å²) in [6.07, 6.45) is 4.53. The van der Waals surface area contributed by atoms with Crippen molar-refractivity contribution < 1.29 is 14.3 Å². The van der Waals surface area contributed by atoms with Gasteiger partial charge < -0.3 is 9.47 Å². The van der Waals surface area contributed by atoms with E-state index in [0.717, 1.165) is 25.7 Å². The highest BCUT2D eigenvalue weighted by Gasteiger charge is 2.21. The third-order valence-electron chi connectivity index (χ3n) is 3.00. The van der Waals surface area contributed by atoms with E-state index in [-0.39, 0.29) is 12.1 Å². The van der Waals surface area contributed by atoms with Crippen LogP contribution in [0.25, 0.3) is 0 Å². The molecule has 0 spiro atoms. The topological polar surface area (TPSA) is 35.5 Å². The zero-order valence-electron chi connectivity index (χ0n) is 10.4. The first kappa shape index (κ1) is 13.4. The number of ether oxygens (including phenoxy) is 2. The monoisotopic (exact) mass is 312 g/mol. The van der Waals surface area contributed by atoms with Crippen molar-refractivity contribution in [2.24, 2.45) is 0 Å². The molecular formula is C14H17BrO3. The predicted octanol–water partition coefficient (Wildman–Crippen LogP) is 3.70. The average molecular weight is 313 g/mol. The second kappa shape index (κ2) is 6.23. The van der Waals surface area contributed by atoms with Crippen molar-refractivity contribution in [2.75, 3.05) is 0 Å². The third kappa shape index (κ3) is 3.73. The normalized spacial score (nSPS) is 23.4. The molecular weight excluding hydrogens is 296 g/mol. The fourth-order valence-electron chi connectivity index (χ4n) is 2.11. The number of hydrogen-bond acceptors (Lipinski definition) is 3. The second-order valence-electron chi connectivity index (χ2n) is 4.53. The zero-order chi connectivity index (χ0) is 13.0. The van der Waals surface area contributed by atoms with Crippen LogP contribution in [0.1, 0.15) is 32.6 Å². The van der Waals surface area contributed by atoms with E-state index in [1.54, 1.807) is 6.07 Å². The lowest BCUT2D eigenvalue weighted by Crippen LogP contribution is -2.24. The van der Waals surface area contributed by atoms with E-state index in [1.165, 1.54) is 6.92 Å². The Morgan fingerprint density at radius 3 is 2.39 bits per heavy atom. The molecule has 0 N–H and O–H groups in total. The van der Waals surface area contributed by atoms with Gasteiger partial charge in [0.05, 0.1) is 6.10 Å². The number of benzene rings is 1. The van der Waals surface area contributed by atoms with Crippen LogP contribution in [0.15, 0.2) is 24.3 Å². The highest BCUT2D eigenvalue weighted by Crippen LogP contribution is 2.32. The molecule has 1 aliphatic carbocycles. The maximum Gasteiger partial charge on any atom is 0.308 e. The molecule has 1 aromatic rings. The van der Waals surface area contributed by atoms with Crippen LogP contribution in [0.4, 0.5) is 0 Å². The molecule has 2 rings (SSSR count). The molecule has 1 aromatic carbocycles. The molecule has 1 saturated carbocycles. The van der Waals surface area contributed by atoms with Crippen LogP contribution in [0.5, 0.6) is 11.5 Å². The molecule has 18 heavy (non-hydrogen) atoms. The van der Waals surface area contributed by atoms with E-state index in [0.29, 0.717) is 16.3 Å². The number of carbonyl (C=O) groups is 1. The third-order valence-corrected chi connectivity index (χ3v) is 3.92. The van der Waals surface area contributed by atoms with Crippen LogP contribution in [0.2, 0.25) is 0 Å². The van der Waals surface area contributed by atoms with Gasteiger partial charge in [0.15, 0.2) is 11.5 Å². The van der Waals surface area contributed by atoms with Gasteiger partial charge in [-0.3, -0.25) is 4.79 Å². The molecule has 0 unspecified atom stereocenters. The molecule has 0 aromatic heterocycles. The zero-order valence-corrected chi connectivity index (χ0v) is 12.0. The summed E-state index contributed by atoms with van der Waals surface area (Å²) in [7, 11) is 0. The molecule has 98 valence electrons. The lowest BCUT2D eigenvalue weighted by Gasteiger charge is -2.26. The van der Waals surface area contributed by atoms with E-state index < -0.39 is 0 Å². The van der Waals surface area contributed by atoms with Gasteiger partial charge in [-0.1, -0.05) is 28.1 Å². The highest BCUT2D eigenvalue weighted by molar-refractivity contribution is 9.09. The standard InChI is InChI=1S/C14H17BrO3/c1-10(16)17-13-4-2-3-5-14(13)18-12-8-6-11(15)7-9-12/h2-5,11-12H,6-9H2,1H3. The molecule has 0 bridgehead atoms. The number of carbonyl (C=O) groups excluding carboxylic acids is 1. The summed E-state index contributed by atoms with van der Waals surface area (Å²) < 4.78 is 11.1. The second-order valence-corrected chi connectivity index (χ2v) is 5.83. The predicted molar refractivity (Wildman–Crippen MR) is 73.4 cm³/mol. The smallest absolute Gasteiger partial charge is 0.308 e. The summed E-state index contributed by atoms with van der Waals surface area (Å²) in [5, 5.41) is 0. The Bertz CT molecular complexity index is 411. The van der Waals surface area contributed by atoms with Crippen molar-refractivity contribution in [3.63, 3.8) is 0 Å². The summed E-state index contributed by atoms with van der Waals surface area (Å²) in [5.74, 6) is 0.840. The number of para-hydroxylation sites is 2. The van der Waals surface area contributed by atoms with Gasteiger partial charge in [0.1, 0.15) is 0 Å². The van der Waals surface area contributed by atoms with Gasteiger partial charge in [-0.2, -0.15) is 0 Å². The molecule has 3 nitrogen and oxygen atoms in total. The van der Waals surface area contributed by atoms with Crippen LogP contribution < -0.4 is 9.47 Å². The molecule has 0 amide bonds. The molecule has 0 atom stereocenters. The minimum atomic E-state index is -0.324. The molecule has 1 aliphatic rings. The molecule has 4 heteroatoms. The van der Waals surface area contributed by atoms with Crippen LogP contribution in [-0.2, 0) is 4.79 Å². The largest absolute Gasteiger partial charge is 0.487 e. The Labute approximate surface area is 116 Å². The molecule has 0 saturated heterocycles. The molecule has 0 radical (unpaired) electrons. The Hall–Kier alpha value is -1.03. The Balaban J connectivity index is 2.02. The first-order valence-electron chi connectivity index (χ1n) is 6.23. The highest BCUT2D eigenvalue weighted by atomic mass is 79.9. The van der Waals surface area contributed by atoms with Gasteiger partial charge in [0, 0.05) is 11.8 Å². The fourth-order valence-corrected chi connectivity index (χ4v) is 2.63. The van der Waals surface area contributed by atoms with Gasteiger partial charge in [-0.15, -0.1) is 0 Å². The first-order valence-corrected chi connectivity index (χ1v) is 7.15. The van der Waals surface area contributed by atoms with Crippen LogP contribution in [0.3, 0.4) is 0 Å². The van der Waals surface area contributed by atoms with Gasteiger partial charge in [0.25, 0.3) is 0 Å². The summed E-state index contributed by atoms with van der Waals surface area (Å²) in [4.78, 5) is 11.6. The molecule has 0 aliphatic heterocycles. The van der Waals surface area contributed by atoms with Crippen molar-refractivity contribution in [1.82, 2.24) is 0 Å². The van der Waals surface area contributed by atoms with E-state index in [2.05, 4.69) is 15.9 Å². The minimum Gasteiger partial charge on any atom is -0.487 e. The molecule has 0 heterocycles.